The minimum Gasteiger partial charge on any atom is -0.387 e. The number of aliphatic hydroxyl groups excluding tert-OH is 1. The Morgan fingerprint density at radius 1 is 1.47 bits per heavy atom. The Morgan fingerprint density at radius 2 is 2.20 bits per heavy atom. The van der Waals surface area contributed by atoms with Gasteiger partial charge in [-0.15, -0.1) is 0 Å². The van der Waals surface area contributed by atoms with Crippen molar-refractivity contribution in [2.24, 2.45) is 5.92 Å². The van der Waals surface area contributed by atoms with Crippen molar-refractivity contribution in [3.05, 3.63) is 29.6 Å². The molecule has 0 aromatic carbocycles. The fourth-order valence-electron chi connectivity index (χ4n) is 2.08. The van der Waals surface area contributed by atoms with Gasteiger partial charge in [-0.05, 0) is 30.4 Å². The molecule has 0 fully saturated rings. The highest BCUT2D eigenvalue weighted by Crippen LogP contribution is 2.34. The van der Waals surface area contributed by atoms with Crippen molar-refractivity contribution in [2.45, 2.75) is 46.1 Å². The maximum atomic E-state index is 9.96. The maximum absolute atomic E-state index is 9.96. The van der Waals surface area contributed by atoms with Gasteiger partial charge in [0.05, 0.1) is 11.8 Å². The largest absolute Gasteiger partial charge is 0.387 e. The second kappa shape index (κ2) is 5.86. The van der Waals surface area contributed by atoms with E-state index in [2.05, 4.69) is 18.0 Å². The molecular formula is C13H21NO. The molecule has 1 N–H and O–H groups in total. The molecule has 0 bridgehead atoms. The summed E-state index contributed by atoms with van der Waals surface area (Å²) in [4.78, 5) is 4.25. The van der Waals surface area contributed by atoms with Gasteiger partial charge in [0.15, 0.2) is 0 Å². The number of hydrogen-bond donors (Lipinski definition) is 1. The highest BCUT2D eigenvalue weighted by Gasteiger charge is 2.27. The van der Waals surface area contributed by atoms with Crippen molar-refractivity contribution in [3.8, 4) is 0 Å². The molecule has 0 saturated heterocycles. The molecule has 0 amide bonds. The van der Waals surface area contributed by atoms with E-state index in [-0.39, 0.29) is 6.10 Å². The number of aliphatic hydroxyl groups is 1. The first-order chi connectivity index (χ1) is 7.33. The molecule has 2 nitrogen and oxygen atoms in total. The zero-order valence-electron chi connectivity index (χ0n) is 9.90. The number of hydrogen-bond acceptors (Lipinski definition) is 2. The van der Waals surface area contributed by atoms with Crippen molar-refractivity contribution in [2.75, 3.05) is 0 Å². The van der Waals surface area contributed by atoms with Gasteiger partial charge in [-0.25, -0.2) is 0 Å². The van der Waals surface area contributed by atoms with Crippen LogP contribution in [0, 0.1) is 5.92 Å². The van der Waals surface area contributed by atoms with Crippen LogP contribution >= 0.6 is 0 Å². The van der Waals surface area contributed by atoms with Crippen molar-refractivity contribution >= 4 is 0 Å². The number of rotatable bonds is 1. The second-order valence-corrected chi connectivity index (χ2v) is 3.70. The molecule has 0 aliphatic heterocycles. The van der Waals surface area contributed by atoms with Gasteiger partial charge in [-0.2, -0.15) is 0 Å². The van der Waals surface area contributed by atoms with E-state index in [1.807, 2.05) is 19.9 Å². The van der Waals surface area contributed by atoms with E-state index < -0.39 is 0 Å². The van der Waals surface area contributed by atoms with Crippen LogP contribution in [0.4, 0.5) is 0 Å². The van der Waals surface area contributed by atoms with E-state index in [1.54, 1.807) is 6.20 Å². The molecule has 0 radical (unpaired) electrons. The van der Waals surface area contributed by atoms with Gasteiger partial charge in [0.25, 0.3) is 0 Å². The monoisotopic (exact) mass is 207 g/mol. The lowest BCUT2D eigenvalue weighted by Crippen LogP contribution is -2.21. The summed E-state index contributed by atoms with van der Waals surface area (Å²) in [7, 11) is 0. The van der Waals surface area contributed by atoms with Gasteiger partial charge in [0, 0.05) is 6.20 Å². The number of aryl methyl sites for hydroxylation is 1. The fraction of sp³-hybridized carbons (Fsp3) is 0.615. The lowest BCUT2D eigenvalue weighted by atomic mass is 9.83. The zero-order valence-corrected chi connectivity index (χ0v) is 9.90. The summed E-state index contributed by atoms with van der Waals surface area (Å²) >= 11 is 0. The Labute approximate surface area is 92.4 Å². The molecule has 2 rings (SSSR count). The third kappa shape index (κ3) is 2.57. The number of fused-ring (bicyclic) bond motifs is 1. The summed E-state index contributed by atoms with van der Waals surface area (Å²) in [6.07, 6.45) is 4.63. The molecule has 0 saturated carbocycles. The lowest BCUT2D eigenvalue weighted by Gasteiger charge is -2.27. The Hall–Kier alpha value is -0.890. The Balaban J connectivity index is 0.000000531. The Morgan fingerprint density at radius 3 is 2.87 bits per heavy atom. The Kier molecular flexibility index (Phi) is 4.76. The van der Waals surface area contributed by atoms with Gasteiger partial charge in [0.2, 0.25) is 0 Å². The molecule has 1 heterocycles. The van der Waals surface area contributed by atoms with Gasteiger partial charge in [-0.1, -0.05) is 33.3 Å². The summed E-state index contributed by atoms with van der Waals surface area (Å²) < 4.78 is 0. The first-order valence-corrected chi connectivity index (χ1v) is 5.94. The quantitative estimate of drug-likeness (QED) is 0.767. The number of nitrogens with zero attached hydrogens (tertiary/aromatic N) is 1. The van der Waals surface area contributed by atoms with Crippen LogP contribution in [-0.2, 0) is 6.42 Å². The van der Waals surface area contributed by atoms with Crippen molar-refractivity contribution in [1.82, 2.24) is 4.98 Å². The second-order valence-electron chi connectivity index (χ2n) is 3.70. The van der Waals surface area contributed by atoms with Crippen molar-refractivity contribution < 1.29 is 5.11 Å². The highest BCUT2D eigenvalue weighted by molar-refractivity contribution is 5.25. The molecule has 2 atom stereocenters. The normalized spacial score (nSPS) is 23.7. The van der Waals surface area contributed by atoms with Gasteiger partial charge >= 0.3 is 0 Å². The van der Waals surface area contributed by atoms with Crippen LogP contribution in [0.5, 0.6) is 0 Å². The number of pyridine rings is 1. The third-order valence-electron chi connectivity index (χ3n) is 2.96. The Bertz CT molecular complexity index is 298. The van der Waals surface area contributed by atoms with Crippen molar-refractivity contribution in [1.29, 1.82) is 0 Å². The standard InChI is InChI=1S/C11H15NO.C2H6/c1-2-8-5-6-9-4-3-7-12-10(9)11(8)13;1-2/h3-4,7-8,11,13H,2,5-6H2,1H3;1-2H3. The van der Waals surface area contributed by atoms with Gasteiger partial charge in [0.1, 0.15) is 0 Å². The molecule has 1 aliphatic rings. The van der Waals surface area contributed by atoms with E-state index in [0.717, 1.165) is 25.0 Å². The zero-order chi connectivity index (χ0) is 11.3. The average molecular weight is 207 g/mol. The summed E-state index contributed by atoms with van der Waals surface area (Å²) in [6.45, 7) is 6.13. The van der Waals surface area contributed by atoms with Crippen molar-refractivity contribution in [3.63, 3.8) is 0 Å². The lowest BCUT2D eigenvalue weighted by molar-refractivity contribution is 0.0870. The van der Waals surface area contributed by atoms with Gasteiger partial charge in [-0.3, -0.25) is 4.98 Å². The van der Waals surface area contributed by atoms with E-state index in [9.17, 15) is 5.11 Å². The molecule has 0 spiro atoms. The molecular weight excluding hydrogens is 186 g/mol. The maximum Gasteiger partial charge on any atom is 0.0990 e. The average Bonchev–Trinajstić information content (AvgIpc) is 2.33. The van der Waals surface area contributed by atoms with Crippen LogP contribution in [0.15, 0.2) is 18.3 Å². The smallest absolute Gasteiger partial charge is 0.0990 e. The third-order valence-corrected chi connectivity index (χ3v) is 2.96. The number of aromatic nitrogens is 1. The highest BCUT2D eigenvalue weighted by atomic mass is 16.3. The molecule has 84 valence electrons. The summed E-state index contributed by atoms with van der Waals surface area (Å²) in [6, 6.07) is 4.01. The molecule has 1 aromatic rings. The molecule has 1 aromatic heterocycles. The minimum atomic E-state index is -0.338. The molecule has 15 heavy (non-hydrogen) atoms. The first-order valence-electron chi connectivity index (χ1n) is 5.94. The minimum absolute atomic E-state index is 0.338. The fourth-order valence-corrected chi connectivity index (χ4v) is 2.08. The molecule has 1 aliphatic carbocycles. The van der Waals surface area contributed by atoms with E-state index in [1.165, 1.54) is 5.56 Å². The summed E-state index contributed by atoms with van der Waals surface area (Å²) in [5, 5.41) is 9.96. The summed E-state index contributed by atoms with van der Waals surface area (Å²) in [5.74, 6) is 0.405. The van der Waals surface area contributed by atoms with Crippen LogP contribution in [0.2, 0.25) is 0 Å². The van der Waals surface area contributed by atoms with Gasteiger partial charge < -0.3 is 5.11 Å². The predicted octanol–water partition coefficient (Wildman–Crippen LogP) is 3.11. The van der Waals surface area contributed by atoms with E-state index >= 15 is 0 Å². The predicted molar refractivity (Wildman–Crippen MR) is 62.6 cm³/mol. The van der Waals surface area contributed by atoms with Crippen LogP contribution in [0.1, 0.15) is 51.0 Å². The van der Waals surface area contributed by atoms with E-state index in [4.69, 9.17) is 0 Å². The van der Waals surface area contributed by atoms with Crippen LogP contribution < -0.4 is 0 Å². The van der Waals surface area contributed by atoms with Crippen LogP contribution in [-0.4, -0.2) is 10.1 Å². The van der Waals surface area contributed by atoms with Crippen LogP contribution in [0.3, 0.4) is 0 Å². The first kappa shape index (κ1) is 12.2. The van der Waals surface area contributed by atoms with E-state index in [0.29, 0.717) is 5.92 Å². The molecule has 2 heteroatoms. The van der Waals surface area contributed by atoms with Crippen LogP contribution in [0.25, 0.3) is 0 Å². The molecule has 2 unspecified atom stereocenters. The summed E-state index contributed by atoms with van der Waals surface area (Å²) in [5.41, 5.74) is 2.13. The topological polar surface area (TPSA) is 33.1 Å². The SMILES string of the molecule is CC.CCC1CCc2cccnc2C1O.